The van der Waals surface area contributed by atoms with Crippen LogP contribution in [0.4, 0.5) is 13.2 Å². The molecule has 7 nitrogen and oxygen atoms in total. The van der Waals surface area contributed by atoms with Gasteiger partial charge in [0.05, 0.1) is 5.92 Å². The van der Waals surface area contributed by atoms with Crippen LogP contribution in [0.25, 0.3) is 10.8 Å². The fraction of sp³-hybridized carbons (Fsp3) is 0.371. The second kappa shape index (κ2) is 11.4. The normalized spacial score (nSPS) is 23.4. The third kappa shape index (κ3) is 5.91. The number of nitrogens with one attached hydrogen (secondary N) is 2. The van der Waals surface area contributed by atoms with Gasteiger partial charge in [-0.3, -0.25) is 19.4 Å². The van der Waals surface area contributed by atoms with Crippen molar-refractivity contribution in [3.63, 3.8) is 0 Å². The number of alkyl halides is 3. The number of carbonyl (C=O) groups is 3. The number of carbonyl (C=O) groups excluding carboxylic acids is 3. The Labute approximate surface area is 258 Å². The highest BCUT2D eigenvalue weighted by molar-refractivity contribution is 6.37. The lowest BCUT2D eigenvalue weighted by atomic mass is 9.78. The summed E-state index contributed by atoms with van der Waals surface area (Å²) in [6, 6.07) is 21.7. The van der Waals surface area contributed by atoms with Crippen LogP contribution in [-0.4, -0.2) is 41.7 Å². The second-order valence-corrected chi connectivity index (χ2v) is 12.4. The van der Waals surface area contributed by atoms with Gasteiger partial charge in [0.15, 0.2) is 11.6 Å². The molecule has 6 rings (SSSR count). The van der Waals surface area contributed by atoms with Gasteiger partial charge in [-0.25, -0.2) is 0 Å². The molecule has 232 valence electrons. The molecule has 0 spiro atoms. The Morgan fingerprint density at radius 2 is 1.73 bits per heavy atom. The molecule has 0 radical (unpaired) electrons. The molecular weight excluding hydrogens is 581 g/mol. The zero-order valence-corrected chi connectivity index (χ0v) is 24.7. The first-order valence-electron chi connectivity index (χ1n) is 15.0. The zero-order chi connectivity index (χ0) is 32.0. The molecule has 3 fully saturated rings. The summed E-state index contributed by atoms with van der Waals surface area (Å²) < 4.78 is 38.5. The maximum atomic E-state index is 13.8. The number of fused-ring (bicyclic) bond motifs is 2. The summed E-state index contributed by atoms with van der Waals surface area (Å²) in [6.07, 6.45) is -2.22. The molecule has 1 unspecified atom stereocenters. The number of amides is 2. The number of ketones is 1. The van der Waals surface area contributed by atoms with Gasteiger partial charge in [0.1, 0.15) is 6.54 Å². The molecule has 4 N–H and O–H groups in total. The molecule has 0 aliphatic heterocycles. The summed E-state index contributed by atoms with van der Waals surface area (Å²) in [4.78, 5) is 42.4. The number of Topliss-reactive ketones (excluding diaryl/α,β-unsaturated/α-hetero) is 1. The third-order valence-electron chi connectivity index (χ3n) is 9.81. The minimum absolute atomic E-state index is 0.00795. The maximum absolute atomic E-state index is 13.8. The number of nitrogens with zero attached hydrogens (tertiary/aromatic N) is 1. The monoisotopic (exact) mass is 614 g/mol. The van der Waals surface area contributed by atoms with Gasteiger partial charge in [0, 0.05) is 29.0 Å². The molecule has 45 heavy (non-hydrogen) atoms. The smallest absolute Gasteiger partial charge is 0.379 e. The zero-order valence-electron chi connectivity index (χ0n) is 24.7. The average molecular weight is 615 g/mol. The Hall–Kier alpha value is -4.65. The first-order valence-corrected chi connectivity index (χ1v) is 15.0. The summed E-state index contributed by atoms with van der Waals surface area (Å²) in [6.45, 7) is 1.79. The number of nitrogens with two attached hydrogens (primary N) is 1. The van der Waals surface area contributed by atoms with Gasteiger partial charge in [0.2, 0.25) is 0 Å². The molecule has 0 bridgehead atoms. The van der Waals surface area contributed by atoms with Gasteiger partial charge >= 0.3 is 6.18 Å². The highest BCUT2D eigenvalue weighted by Crippen LogP contribution is 2.67. The van der Waals surface area contributed by atoms with Crippen molar-refractivity contribution in [2.45, 2.75) is 56.3 Å². The number of halogens is 3. The van der Waals surface area contributed by atoms with E-state index in [1.807, 2.05) is 19.1 Å². The summed E-state index contributed by atoms with van der Waals surface area (Å²) in [5, 5.41) is 7.56. The number of aliphatic imine (C=N–C) groups is 1. The fourth-order valence-corrected chi connectivity index (χ4v) is 6.85. The topological polar surface area (TPSA) is 114 Å². The highest BCUT2D eigenvalue weighted by Gasteiger charge is 2.74. The van der Waals surface area contributed by atoms with Crippen molar-refractivity contribution in [1.29, 1.82) is 0 Å². The van der Waals surface area contributed by atoms with Crippen LogP contribution in [0, 0.1) is 29.6 Å². The van der Waals surface area contributed by atoms with Crippen LogP contribution in [0.15, 0.2) is 71.7 Å². The van der Waals surface area contributed by atoms with Crippen molar-refractivity contribution in [2.24, 2.45) is 28.5 Å². The molecule has 3 aromatic rings. The fourth-order valence-electron chi connectivity index (χ4n) is 6.85. The molecular formula is C35H33F3N4O3. The van der Waals surface area contributed by atoms with Crippen LogP contribution >= 0.6 is 0 Å². The highest BCUT2D eigenvalue weighted by atomic mass is 19.4. The van der Waals surface area contributed by atoms with Crippen molar-refractivity contribution < 1.29 is 27.6 Å². The van der Waals surface area contributed by atoms with Crippen LogP contribution in [0.3, 0.4) is 0 Å². The van der Waals surface area contributed by atoms with Crippen LogP contribution in [0.2, 0.25) is 0 Å². The van der Waals surface area contributed by atoms with E-state index in [9.17, 15) is 27.6 Å². The summed E-state index contributed by atoms with van der Waals surface area (Å²) in [5.41, 5.74) is 7.14. The molecule has 2 amide bonds. The molecule has 10 heteroatoms. The first kappa shape index (κ1) is 30.4. The van der Waals surface area contributed by atoms with Gasteiger partial charge in [0.25, 0.3) is 11.8 Å². The Morgan fingerprint density at radius 3 is 2.44 bits per heavy atom. The standard InChI is InChI=1S/C35H33F3N4O3/c1-21(33(14-15-33)25-13-12-22-7-2-3-8-23(22)17-25)30(44)26-10-5-4-9-24(26)20-41-32(45)31(39)40-16-6-11-29(43)42-34-18-27(34)28(19-34)35(36,37)38/h2-5,7-10,12-13,17,21,27-28H,14-16,18-20H2,1H3,(H2,39,40)(H,41,45)(H,42,43)/t21-,27+,28?,34+/m1/s1. The molecule has 3 aliphatic carbocycles. The van der Waals surface area contributed by atoms with Crippen LogP contribution in [-0.2, 0) is 21.5 Å². The molecule has 0 saturated heterocycles. The average Bonchev–Trinajstić information content (AvgIpc) is 3.93. The molecule has 3 saturated carbocycles. The van der Waals surface area contributed by atoms with E-state index in [2.05, 4.69) is 57.8 Å². The van der Waals surface area contributed by atoms with Gasteiger partial charge < -0.3 is 16.4 Å². The number of hydrogen-bond donors (Lipinski definition) is 3. The Bertz CT molecular complexity index is 1790. The largest absolute Gasteiger partial charge is 0.392 e. The molecule has 0 aromatic heterocycles. The minimum atomic E-state index is -4.25. The van der Waals surface area contributed by atoms with Crippen LogP contribution in [0.1, 0.15) is 54.1 Å². The van der Waals surface area contributed by atoms with E-state index < -0.39 is 35.4 Å². The van der Waals surface area contributed by atoms with Crippen molar-refractivity contribution >= 4 is 34.2 Å². The van der Waals surface area contributed by atoms with E-state index >= 15 is 0 Å². The van der Waals surface area contributed by atoms with Gasteiger partial charge in [-0.15, -0.1) is 0 Å². The predicted molar refractivity (Wildman–Crippen MR) is 164 cm³/mol. The van der Waals surface area contributed by atoms with E-state index in [0.717, 1.165) is 29.2 Å². The minimum Gasteiger partial charge on any atom is -0.379 e. The number of amidine groups is 1. The second-order valence-electron chi connectivity index (χ2n) is 12.4. The van der Waals surface area contributed by atoms with Gasteiger partial charge in [-0.1, -0.05) is 79.6 Å². The van der Waals surface area contributed by atoms with E-state index in [0.29, 0.717) is 17.5 Å². The lowest BCUT2D eigenvalue weighted by molar-refractivity contribution is -0.202. The van der Waals surface area contributed by atoms with E-state index in [4.69, 9.17) is 5.73 Å². The van der Waals surface area contributed by atoms with Crippen LogP contribution < -0.4 is 16.4 Å². The third-order valence-corrected chi connectivity index (χ3v) is 9.81. The summed E-state index contributed by atoms with van der Waals surface area (Å²) >= 11 is 0. The summed E-state index contributed by atoms with van der Waals surface area (Å²) in [7, 11) is 0. The molecule has 3 aromatic carbocycles. The summed E-state index contributed by atoms with van der Waals surface area (Å²) in [5.74, 6) is 0.889. The van der Waals surface area contributed by atoms with E-state index in [1.165, 1.54) is 0 Å². The Balaban J connectivity index is 1.03. The first-order chi connectivity index (χ1) is 21.4. The van der Waals surface area contributed by atoms with Crippen molar-refractivity contribution in [1.82, 2.24) is 10.6 Å². The Morgan fingerprint density at radius 1 is 1.02 bits per heavy atom. The Kier molecular flexibility index (Phi) is 7.67. The quantitative estimate of drug-likeness (QED) is 0.146. The molecule has 0 heterocycles. The predicted octanol–water partition coefficient (Wildman–Crippen LogP) is 4.82. The molecule has 3 aliphatic rings. The number of hydrogen-bond acceptors (Lipinski definition) is 4. The molecule has 4 atom stereocenters. The number of rotatable bonds is 8. The lowest BCUT2D eigenvalue weighted by Gasteiger charge is -2.35. The van der Waals surface area contributed by atoms with Gasteiger partial charge in [-0.2, -0.15) is 13.2 Å². The van der Waals surface area contributed by atoms with Crippen LogP contribution in [0.5, 0.6) is 0 Å². The SMILES string of the molecule is C[C@H](C(=O)c1ccccc1CNC(=O)C(N)=NCC#CC(=O)N[C@@]12CC(C(F)(F)F)[C@@H]1C2)C1(c2ccc3ccccc3c2)CC1. The van der Waals surface area contributed by atoms with E-state index in [1.54, 1.807) is 24.3 Å². The van der Waals surface area contributed by atoms with E-state index in [-0.39, 0.29) is 42.5 Å². The van der Waals surface area contributed by atoms with Crippen molar-refractivity contribution in [3.05, 3.63) is 83.4 Å². The lowest BCUT2D eigenvalue weighted by Crippen LogP contribution is -2.51. The van der Waals surface area contributed by atoms with Gasteiger partial charge in [-0.05, 0) is 59.4 Å². The van der Waals surface area contributed by atoms with Crippen molar-refractivity contribution in [3.8, 4) is 11.8 Å². The number of benzene rings is 3. The maximum Gasteiger partial charge on any atom is 0.392 e. The van der Waals surface area contributed by atoms with Crippen molar-refractivity contribution in [2.75, 3.05) is 6.54 Å².